The molecule has 10 heavy (non-hydrogen) atoms. The van der Waals surface area contributed by atoms with Gasteiger partial charge < -0.3 is 0 Å². The van der Waals surface area contributed by atoms with E-state index in [2.05, 4.69) is 4.72 Å². The van der Waals surface area contributed by atoms with Crippen LogP contribution in [0.1, 0.15) is 26.2 Å². The molecule has 3 nitrogen and oxygen atoms in total. The second-order valence-electron chi connectivity index (χ2n) is 2.68. The molecule has 0 aliphatic carbocycles. The second-order valence-corrected chi connectivity index (χ2v) is 4.56. The lowest BCUT2D eigenvalue weighted by Gasteiger charge is -2.21. The lowest BCUT2D eigenvalue weighted by molar-refractivity contribution is 0.485. The summed E-state index contributed by atoms with van der Waals surface area (Å²) in [7, 11) is -2.89. The Bertz CT molecular complexity index is 198. The van der Waals surface area contributed by atoms with Crippen molar-refractivity contribution in [1.82, 2.24) is 4.72 Å². The minimum atomic E-state index is -2.89. The van der Waals surface area contributed by atoms with E-state index in [4.69, 9.17) is 0 Å². The van der Waals surface area contributed by atoms with E-state index >= 15 is 0 Å². The SMILES string of the molecule is CCC1CCCS(=O)(=O)N1. The third kappa shape index (κ3) is 1.95. The fraction of sp³-hybridized carbons (Fsp3) is 1.00. The average molecular weight is 163 g/mol. The summed E-state index contributed by atoms with van der Waals surface area (Å²) in [5.74, 6) is 0.309. The van der Waals surface area contributed by atoms with Gasteiger partial charge in [0.15, 0.2) is 0 Å². The fourth-order valence-corrected chi connectivity index (χ4v) is 2.64. The molecule has 1 rings (SSSR count). The molecule has 0 aromatic rings. The minimum Gasteiger partial charge on any atom is -0.212 e. The van der Waals surface area contributed by atoms with Gasteiger partial charge in [-0.2, -0.15) is 0 Å². The summed E-state index contributed by atoms with van der Waals surface area (Å²) in [6.45, 7) is 2.00. The van der Waals surface area contributed by atoms with Crippen LogP contribution < -0.4 is 4.72 Å². The third-order valence-corrected chi connectivity index (χ3v) is 3.32. The van der Waals surface area contributed by atoms with E-state index in [-0.39, 0.29) is 6.04 Å². The van der Waals surface area contributed by atoms with E-state index in [9.17, 15) is 8.42 Å². The van der Waals surface area contributed by atoms with Crippen molar-refractivity contribution >= 4 is 10.0 Å². The Kier molecular flexibility index (Phi) is 2.31. The minimum absolute atomic E-state index is 0.193. The van der Waals surface area contributed by atoms with Gasteiger partial charge in [0, 0.05) is 6.04 Å². The molecule has 1 saturated heterocycles. The molecule has 0 amide bonds. The van der Waals surface area contributed by atoms with Crippen molar-refractivity contribution in [1.29, 1.82) is 0 Å². The van der Waals surface area contributed by atoms with E-state index in [1.54, 1.807) is 0 Å². The quantitative estimate of drug-likeness (QED) is 0.611. The maximum atomic E-state index is 10.9. The molecular weight excluding hydrogens is 150 g/mol. The normalized spacial score (nSPS) is 31.9. The molecule has 60 valence electrons. The largest absolute Gasteiger partial charge is 0.212 e. The van der Waals surface area contributed by atoms with Crippen LogP contribution >= 0.6 is 0 Å². The predicted octanol–water partition coefficient (Wildman–Crippen LogP) is 0.478. The van der Waals surface area contributed by atoms with Gasteiger partial charge in [-0.1, -0.05) is 6.92 Å². The molecule has 1 unspecified atom stereocenters. The van der Waals surface area contributed by atoms with Crippen LogP contribution in [0.4, 0.5) is 0 Å². The molecule has 0 spiro atoms. The average Bonchev–Trinajstić information content (AvgIpc) is 1.86. The molecule has 0 radical (unpaired) electrons. The molecule has 1 atom stereocenters. The van der Waals surface area contributed by atoms with Crippen molar-refractivity contribution in [2.75, 3.05) is 5.75 Å². The summed E-state index contributed by atoms with van der Waals surface area (Å²) >= 11 is 0. The molecule has 1 fully saturated rings. The highest BCUT2D eigenvalue weighted by molar-refractivity contribution is 7.89. The van der Waals surface area contributed by atoms with Gasteiger partial charge in [-0.25, -0.2) is 13.1 Å². The number of hydrogen-bond acceptors (Lipinski definition) is 2. The molecule has 0 bridgehead atoms. The van der Waals surface area contributed by atoms with Crippen LogP contribution in [0.5, 0.6) is 0 Å². The predicted molar refractivity (Wildman–Crippen MR) is 40.2 cm³/mol. The van der Waals surface area contributed by atoms with Gasteiger partial charge in [-0.05, 0) is 19.3 Å². The first-order valence-corrected chi connectivity index (χ1v) is 5.29. The summed E-state index contributed by atoms with van der Waals surface area (Å²) < 4.78 is 24.4. The van der Waals surface area contributed by atoms with Crippen LogP contribution in [0.2, 0.25) is 0 Å². The molecule has 1 aliphatic rings. The standard InChI is InChI=1S/C6H13NO2S/c1-2-6-4-3-5-10(8,9)7-6/h6-7H,2-5H2,1H3. The van der Waals surface area contributed by atoms with Crippen LogP contribution in [-0.2, 0) is 10.0 Å². The highest BCUT2D eigenvalue weighted by atomic mass is 32.2. The summed E-state index contributed by atoms with van der Waals surface area (Å²) in [5.41, 5.74) is 0. The van der Waals surface area contributed by atoms with Gasteiger partial charge in [-0.15, -0.1) is 0 Å². The van der Waals surface area contributed by atoms with Crippen LogP contribution in [0.25, 0.3) is 0 Å². The highest BCUT2D eigenvalue weighted by Crippen LogP contribution is 2.10. The Labute approximate surface area is 61.9 Å². The zero-order valence-electron chi connectivity index (χ0n) is 6.13. The lowest BCUT2D eigenvalue weighted by atomic mass is 10.1. The van der Waals surface area contributed by atoms with E-state index < -0.39 is 10.0 Å². The Morgan fingerprint density at radius 1 is 1.60 bits per heavy atom. The topological polar surface area (TPSA) is 46.2 Å². The first-order valence-electron chi connectivity index (χ1n) is 3.64. The van der Waals surface area contributed by atoms with E-state index in [1.165, 1.54) is 0 Å². The van der Waals surface area contributed by atoms with Crippen molar-refractivity contribution in [2.45, 2.75) is 32.2 Å². The lowest BCUT2D eigenvalue weighted by Crippen LogP contribution is -2.40. The van der Waals surface area contributed by atoms with Gasteiger partial charge in [0.05, 0.1) is 5.75 Å². The van der Waals surface area contributed by atoms with Crippen LogP contribution in [0, 0.1) is 0 Å². The maximum absolute atomic E-state index is 10.9. The summed E-state index contributed by atoms with van der Waals surface area (Å²) in [6.07, 6.45) is 2.71. The maximum Gasteiger partial charge on any atom is 0.211 e. The van der Waals surface area contributed by atoms with Crippen molar-refractivity contribution in [3.63, 3.8) is 0 Å². The molecule has 0 saturated carbocycles. The van der Waals surface area contributed by atoms with E-state index in [0.717, 1.165) is 19.3 Å². The van der Waals surface area contributed by atoms with Crippen LogP contribution in [0.3, 0.4) is 0 Å². The summed E-state index contributed by atoms with van der Waals surface area (Å²) in [6, 6.07) is 0.193. The first-order chi connectivity index (χ1) is 4.64. The second kappa shape index (κ2) is 2.88. The number of hydrogen-bond donors (Lipinski definition) is 1. The smallest absolute Gasteiger partial charge is 0.211 e. The summed E-state index contributed by atoms with van der Waals surface area (Å²) in [4.78, 5) is 0. The Morgan fingerprint density at radius 2 is 2.30 bits per heavy atom. The third-order valence-electron chi connectivity index (χ3n) is 1.80. The van der Waals surface area contributed by atoms with Crippen LogP contribution in [0.15, 0.2) is 0 Å². The molecule has 1 heterocycles. The number of sulfonamides is 1. The fourth-order valence-electron chi connectivity index (χ4n) is 1.18. The molecule has 1 N–H and O–H groups in total. The highest BCUT2D eigenvalue weighted by Gasteiger charge is 2.21. The molecule has 0 aromatic heterocycles. The monoisotopic (exact) mass is 163 g/mol. The Morgan fingerprint density at radius 3 is 2.70 bits per heavy atom. The van der Waals surface area contributed by atoms with E-state index in [1.807, 2.05) is 6.92 Å². The zero-order chi connectivity index (χ0) is 7.61. The number of nitrogens with one attached hydrogen (secondary N) is 1. The number of rotatable bonds is 1. The molecular formula is C6H13NO2S. The van der Waals surface area contributed by atoms with Gasteiger partial charge in [0.25, 0.3) is 0 Å². The van der Waals surface area contributed by atoms with Gasteiger partial charge in [0.2, 0.25) is 10.0 Å². The zero-order valence-corrected chi connectivity index (χ0v) is 6.95. The van der Waals surface area contributed by atoms with Crippen molar-refractivity contribution in [3.05, 3.63) is 0 Å². The van der Waals surface area contributed by atoms with Gasteiger partial charge in [0.1, 0.15) is 0 Å². The van der Waals surface area contributed by atoms with Gasteiger partial charge in [-0.3, -0.25) is 0 Å². The molecule has 1 aliphatic heterocycles. The van der Waals surface area contributed by atoms with Gasteiger partial charge >= 0.3 is 0 Å². The molecule has 0 aromatic carbocycles. The Balaban J connectivity index is 2.56. The van der Waals surface area contributed by atoms with Crippen molar-refractivity contribution in [2.24, 2.45) is 0 Å². The summed E-state index contributed by atoms with van der Waals surface area (Å²) in [5, 5.41) is 0. The van der Waals surface area contributed by atoms with Crippen molar-refractivity contribution in [3.8, 4) is 0 Å². The molecule has 4 heteroatoms. The van der Waals surface area contributed by atoms with Crippen molar-refractivity contribution < 1.29 is 8.42 Å². The van der Waals surface area contributed by atoms with Crippen LogP contribution in [-0.4, -0.2) is 20.2 Å². The van der Waals surface area contributed by atoms with E-state index in [0.29, 0.717) is 5.75 Å². The Hall–Kier alpha value is -0.0900. The first kappa shape index (κ1) is 8.01.